The van der Waals surface area contributed by atoms with Gasteiger partial charge in [-0.25, -0.2) is 8.78 Å². The van der Waals surface area contributed by atoms with E-state index in [-0.39, 0.29) is 17.4 Å². The molecule has 4 heteroatoms. The Morgan fingerprint density at radius 1 is 1.42 bits per heavy atom. The molecule has 2 rings (SSSR count). The van der Waals surface area contributed by atoms with E-state index >= 15 is 0 Å². The third-order valence-electron chi connectivity index (χ3n) is 3.68. The van der Waals surface area contributed by atoms with Gasteiger partial charge >= 0.3 is 0 Å². The molecule has 0 saturated carbocycles. The third-order valence-corrected chi connectivity index (χ3v) is 4.87. The number of nitrogens with one attached hydrogen (secondary N) is 1. The maximum Gasteiger partial charge on any atom is 0.133 e. The Hall–Kier alpha value is -0.610. The minimum absolute atomic E-state index is 0.199. The minimum atomic E-state index is -0.423. The fourth-order valence-corrected chi connectivity index (χ4v) is 3.88. The average molecular weight is 285 g/mol. The van der Waals surface area contributed by atoms with Crippen LogP contribution in [0, 0.1) is 24.5 Å². The summed E-state index contributed by atoms with van der Waals surface area (Å²) in [5.41, 5.74) is 0.756. The second-order valence-corrected chi connectivity index (χ2v) is 6.30. The predicted molar refractivity (Wildman–Crippen MR) is 77.6 cm³/mol. The molecule has 1 saturated heterocycles. The van der Waals surface area contributed by atoms with Gasteiger partial charge in [-0.3, -0.25) is 0 Å². The zero-order chi connectivity index (χ0) is 13.8. The number of thioether (sulfide) groups is 1. The fraction of sp³-hybridized carbons (Fsp3) is 0.600. The van der Waals surface area contributed by atoms with E-state index in [2.05, 4.69) is 12.2 Å². The highest BCUT2D eigenvalue weighted by Crippen LogP contribution is 2.36. The highest BCUT2D eigenvalue weighted by atomic mass is 32.2. The number of aryl methyl sites for hydroxylation is 1. The number of halogens is 2. The van der Waals surface area contributed by atoms with E-state index < -0.39 is 5.82 Å². The van der Waals surface area contributed by atoms with Gasteiger partial charge in [0.25, 0.3) is 0 Å². The first-order valence-corrected chi connectivity index (χ1v) is 8.06. The molecule has 0 radical (unpaired) electrons. The van der Waals surface area contributed by atoms with E-state index in [0.717, 1.165) is 30.9 Å². The second kappa shape index (κ2) is 6.71. The fourth-order valence-electron chi connectivity index (χ4n) is 2.58. The van der Waals surface area contributed by atoms with Crippen molar-refractivity contribution >= 4 is 11.8 Å². The molecule has 1 aliphatic rings. The molecule has 1 fully saturated rings. The Bertz CT molecular complexity index is 430. The maximum absolute atomic E-state index is 14.3. The molecule has 0 spiro atoms. The molecular weight excluding hydrogens is 264 g/mol. The SMILES string of the molecule is CCCNC(c1c(F)ccc(C)c1F)C1CCSC1. The van der Waals surface area contributed by atoms with Crippen molar-refractivity contribution in [2.75, 3.05) is 18.1 Å². The third kappa shape index (κ3) is 3.29. The zero-order valence-electron chi connectivity index (χ0n) is 11.5. The van der Waals surface area contributed by atoms with E-state index in [1.54, 1.807) is 6.92 Å². The van der Waals surface area contributed by atoms with Gasteiger partial charge in [-0.1, -0.05) is 13.0 Å². The zero-order valence-corrected chi connectivity index (χ0v) is 12.3. The van der Waals surface area contributed by atoms with Crippen molar-refractivity contribution in [3.05, 3.63) is 34.9 Å². The van der Waals surface area contributed by atoms with E-state index in [1.165, 1.54) is 12.1 Å². The topological polar surface area (TPSA) is 12.0 Å². The van der Waals surface area contributed by atoms with Crippen LogP contribution in [-0.2, 0) is 0 Å². The molecule has 106 valence electrons. The molecule has 1 aliphatic heterocycles. The summed E-state index contributed by atoms with van der Waals surface area (Å²) in [5, 5.41) is 3.34. The van der Waals surface area contributed by atoms with Crippen LogP contribution in [0.5, 0.6) is 0 Å². The van der Waals surface area contributed by atoms with Gasteiger partial charge in [-0.2, -0.15) is 11.8 Å². The standard InChI is InChI=1S/C15H21F2NS/c1-3-7-18-15(11-6-8-19-9-11)13-12(16)5-4-10(2)14(13)17/h4-5,11,15,18H,3,6-9H2,1-2H3. The van der Waals surface area contributed by atoms with E-state index in [4.69, 9.17) is 0 Å². The molecule has 1 N–H and O–H groups in total. The van der Waals surface area contributed by atoms with Crippen LogP contribution in [-0.4, -0.2) is 18.1 Å². The first kappa shape index (κ1) is 14.8. The summed E-state index contributed by atoms with van der Waals surface area (Å²) in [6.07, 6.45) is 1.99. The smallest absolute Gasteiger partial charge is 0.133 e. The van der Waals surface area contributed by atoms with Crippen LogP contribution >= 0.6 is 11.8 Å². The van der Waals surface area contributed by atoms with Crippen LogP contribution in [0.1, 0.15) is 36.9 Å². The van der Waals surface area contributed by atoms with Crippen molar-refractivity contribution < 1.29 is 8.78 Å². The van der Waals surface area contributed by atoms with Gasteiger partial charge in [-0.05, 0) is 55.4 Å². The van der Waals surface area contributed by atoms with Gasteiger partial charge in [0.2, 0.25) is 0 Å². The first-order chi connectivity index (χ1) is 9.15. The average Bonchev–Trinajstić information content (AvgIpc) is 2.92. The van der Waals surface area contributed by atoms with Crippen molar-refractivity contribution in [1.82, 2.24) is 5.32 Å². The lowest BCUT2D eigenvalue weighted by molar-refractivity contribution is 0.365. The molecule has 19 heavy (non-hydrogen) atoms. The lowest BCUT2D eigenvalue weighted by Gasteiger charge is -2.26. The van der Waals surface area contributed by atoms with Gasteiger partial charge in [0.05, 0.1) is 0 Å². The highest BCUT2D eigenvalue weighted by molar-refractivity contribution is 7.99. The number of benzene rings is 1. The Balaban J connectivity index is 2.33. The lowest BCUT2D eigenvalue weighted by atomic mass is 9.90. The quantitative estimate of drug-likeness (QED) is 0.875. The largest absolute Gasteiger partial charge is 0.309 e. The summed E-state index contributed by atoms with van der Waals surface area (Å²) in [6, 6.07) is 2.69. The van der Waals surface area contributed by atoms with Crippen LogP contribution in [0.3, 0.4) is 0 Å². The predicted octanol–water partition coefficient (Wildman–Crippen LogP) is 4.07. The summed E-state index contributed by atoms with van der Waals surface area (Å²) in [5.74, 6) is 1.58. The molecule has 0 aliphatic carbocycles. The van der Waals surface area contributed by atoms with Crippen LogP contribution < -0.4 is 5.32 Å². The van der Waals surface area contributed by atoms with Crippen molar-refractivity contribution in [3.63, 3.8) is 0 Å². The van der Waals surface area contributed by atoms with Crippen molar-refractivity contribution in [3.8, 4) is 0 Å². The Labute approximate surface area is 118 Å². The van der Waals surface area contributed by atoms with Crippen molar-refractivity contribution in [1.29, 1.82) is 0 Å². The van der Waals surface area contributed by atoms with Crippen molar-refractivity contribution in [2.24, 2.45) is 5.92 Å². The van der Waals surface area contributed by atoms with Crippen LogP contribution in [0.4, 0.5) is 8.78 Å². The molecule has 1 aromatic carbocycles. The van der Waals surface area contributed by atoms with Gasteiger partial charge in [-0.15, -0.1) is 0 Å². The van der Waals surface area contributed by atoms with Crippen LogP contribution in [0.15, 0.2) is 12.1 Å². The van der Waals surface area contributed by atoms with Gasteiger partial charge in [0.1, 0.15) is 11.6 Å². The molecule has 2 atom stereocenters. The van der Waals surface area contributed by atoms with E-state index in [9.17, 15) is 8.78 Å². The summed E-state index contributed by atoms with van der Waals surface area (Å²) in [4.78, 5) is 0. The van der Waals surface area contributed by atoms with E-state index in [0.29, 0.717) is 11.5 Å². The normalized spacial score (nSPS) is 20.7. The lowest BCUT2D eigenvalue weighted by Crippen LogP contribution is -2.31. The summed E-state index contributed by atoms with van der Waals surface area (Å²) in [7, 11) is 0. The monoisotopic (exact) mass is 285 g/mol. The summed E-state index contributed by atoms with van der Waals surface area (Å²) in [6.45, 7) is 4.55. The first-order valence-electron chi connectivity index (χ1n) is 6.90. The molecule has 0 aromatic heterocycles. The second-order valence-electron chi connectivity index (χ2n) is 5.15. The molecule has 1 aromatic rings. The molecule has 1 heterocycles. The summed E-state index contributed by atoms with van der Waals surface area (Å²) < 4.78 is 28.4. The maximum atomic E-state index is 14.3. The molecular formula is C15H21F2NS. The van der Waals surface area contributed by atoms with Crippen LogP contribution in [0.2, 0.25) is 0 Å². The van der Waals surface area contributed by atoms with Gasteiger partial charge < -0.3 is 5.32 Å². The minimum Gasteiger partial charge on any atom is -0.309 e. The number of hydrogen-bond acceptors (Lipinski definition) is 2. The Kier molecular flexibility index (Phi) is 5.22. The Morgan fingerprint density at radius 3 is 2.84 bits per heavy atom. The van der Waals surface area contributed by atoms with Gasteiger partial charge in [0, 0.05) is 11.6 Å². The van der Waals surface area contributed by atoms with Gasteiger partial charge in [0.15, 0.2) is 0 Å². The molecule has 0 amide bonds. The van der Waals surface area contributed by atoms with E-state index in [1.807, 2.05) is 11.8 Å². The Morgan fingerprint density at radius 2 is 2.21 bits per heavy atom. The molecule has 1 nitrogen and oxygen atoms in total. The molecule has 2 unspecified atom stereocenters. The number of hydrogen-bond donors (Lipinski definition) is 1. The summed E-state index contributed by atoms with van der Waals surface area (Å²) >= 11 is 1.87. The number of rotatable bonds is 5. The highest BCUT2D eigenvalue weighted by Gasteiger charge is 2.30. The van der Waals surface area contributed by atoms with Crippen LogP contribution in [0.25, 0.3) is 0 Å². The molecule has 0 bridgehead atoms. The van der Waals surface area contributed by atoms with Crippen molar-refractivity contribution in [2.45, 2.75) is 32.7 Å².